The Morgan fingerprint density at radius 1 is 1.33 bits per heavy atom. The van der Waals surface area contributed by atoms with Gasteiger partial charge in [0.15, 0.2) is 0 Å². The van der Waals surface area contributed by atoms with Crippen molar-refractivity contribution in [2.75, 3.05) is 27.2 Å². The summed E-state index contributed by atoms with van der Waals surface area (Å²) < 4.78 is 0. The maximum absolute atomic E-state index is 11.8. The molecule has 0 heterocycles. The molecule has 0 saturated heterocycles. The highest BCUT2D eigenvalue weighted by molar-refractivity contribution is 5.76. The summed E-state index contributed by atoms with van der Waals surface area (Å²) in [6.45, 7) is 1.70. The van der Waals surface area contributed by atoms with Crippen molar-refractivity contribution >= 4 is 5.91 Å². The molecule has 1 aliphatic carbocycles. The Bertz CT molecular complexity index is 188. The molecule has 0 aliphatic heterocycles. The highest BCUT2D eigenvalue weighted by atomic mass is 16.2. The second kappa shape index (κ2) is 6.83. The third-order valence-corrected chi connectivity index (χ3v) is 3.31. The van der Waals surface area contributed by atoms with E-state index in [0.29, 0.717) is 11.8 Å². The van der Waals surface area contributed by atoms with Crippen molar-refractivity contribution < 1.29 is 4.79 Å². The van der Waals surface area contributed by atoms with Gasteiger partial charge in [-0.25, -0.2) is 0 Å². The fourth-order valence-corrected chi connectivity index (χ4v) is 2.20. The topological polar surface area (TPSA) is 32.3 Å². The zero-order valence-corrected chi connectivity index (χ0v) is 10.1. The lowest BCUT2D eigenvalue weighted by Gasteiger charge is -2.24. The number of nitrogens with one attached hydrogen (secondary N) is 1. The molecule has 3 heteroatoms. The predicted molar refractivity (Wildman–Crippen MR) is 62.8 cm³/mol. The molecule has 1 N–H and O–H groups in total. The molecule has 1 aliphatic rings. The van der Waals surface area contributed by atoms with Crippen LogP contribution in [0.4, 0.5) is 0 Å². The maximum Gasteiger partial charge on any atom is 0.222 e. The first-order valence-electron chi connectivity index (χ1n) is 6.12. The molecule has 0 radical (unpaired) electrons. The van der Waals surface area contributed by atoms with Crippen LogP contribution < -0.4 is 5.32 Å². The Balaban J connectivity index is 2.20. The second-order valence-electron chi connectivity index (χ2n) is 4.63. The zero-order valence-electron chi connectivity index (χ0n) is 10.1. The number of carbonyl (C=O) groups excluding carboxylic acids is 1. The Labute approximate surface area is 93.2 Å². The quantitative estimate of drug-likeness (QED) is 0.751. The third kappa shape index (κ3) is 4.65. The molecule has 0 unspecified atom stereocenters. The molecular formula is C12H24N2O. The van der Waals surface area contributed by atoms with Gasteiger partial charge in [0.25, 0.3) is 0 Å². The number of carbonyl (C=O) groups is 1. The van der Waals surface area contributed by atoms with Gasteiger partial charge < -0.3 is 10.2 Å². The molecule has 1 saturated carbocycles. The predicted octanol–water partition coefficient (Wildman–Crippen LogP) is 1.63. The van der Waals surface area contributed by atoms with Crippen LogP contribution in [0.15, 0.2) is 0 Å². The van der Waals surface area contributed by atoms with Gasteiger partial charge in [0, 0.05) is 26.6 Å². The Kier molecular flexibility index (Phi) is 5.69. The van der Waals surface area contributed by atoms with Crippen LogP contribution in [0.3, 0.4) is 0 Å². The van der Waals surface area contributed by atoms with Crippen LogP contribution in [0.2, 0.25) is 0 Å². The van der Waals surface area contributed by atoms with Gasteiger partial charge in [0.05, 0.1) is 0 Å². The summed E-state index contributed by atoms with van der Waals surface area (Å²) in [7, 11) is 3.82. The summed E-state index contributed by atoms with van der Waals surface area (Å²) in [4.78, 5) is 13.7. The number of likely N-dealkylation sites (N-methyl/N-ethyl adjacent to an activating group) is 2. The minimum absolute atomic E-state index is 0.317. The van der Waals surface area contributed by atoms with Crippen molar-refractivity contribution in [1.82, 2.24) is 10.2 Å². The minimum Gasteiger partial charge on any atom is -0.344 e. The Morgan fingerprint density at radius 2 is 2.00 bits per heavy atom. The fourth-order valence-electron chi connectivity index (χ4n) is 2.20. The van der Waals surface area contributed by atoms with Crippen LogP contribution in [0.5, 0.6) is 0 Å². The van der Waals surface area contributed by atoms with E-state index in [4.69, 9.17) is 0 Å². The van der Waals surface area contributed by atoms with Gasteiger partial charge in [-0.05, 0) is 25.8 Å². The highest BCUT2D eigenvalue weighted by Crippen LogP contribution is 2.26. The van der Waals surface area contributed by atoms with Crippen LogP contribution in [-0.2, 0) is 4.79 Å². The first kappa shape index (κ1) is 12.5. The summed E-state index contributed by atoms with van der Waals surface area (Å²) in [5, 5.41) is 3.06. The van der Waals surface area contributed by atoms with Gasteiger partial charge >= 0.3 is 0 Å². The third-order valence-electron chi connectivity index (χ3n) is 3.31. The standard InChI is InChI=1S/C12H24N2O/c1-13-8-9-14(2)12(15)10-11-6-4-3-5-7-11/h11,13H,3-10H2,1-2H3. The number of amides is 1. The Hall–Kier alpha value is -0.570. The summed E-state index contributed by atoms with van der Waals surface area (Å²) in [6, 6.07) is 0. The van der Waals surface area contributed by atoms with Gasteiger partial charge in [-0.15, -0.1) is 0 Å². The van der Waals surface area contributed by atoms with Gasteiger partial charge in [0.1, 0.15) is 0 Å². The molecule has 0 aromatic rings. The van der Waals surface area contributed by atoms with Crippen molar-refractivity contribution in [3.05, 3.63) is 0 Å². The molecule has 1 rings (SSSR count). The molecule has 3 nitrogen and oxygen atoms in total. The number of rotatable bonds is 5. The molecule has 0 aromatic carbocycles. The van der Waals surface area contributed by atoms with Crippen molar-refractivity contribution in [2.24, 2.45) is 5.92 Å². The summed E-state index contributed by atoms with van der Waals surface area (Å²) in [6.07, 6.45) is 7.27. The van der Waals surface area contributed by atoms with Crippen LogP contribution in [0, 0.1) is 5.92 Å². The SMILES string of the molecule is CNCCN(C)C(=O)CC1CCCCC1. The molecular weight excluding hydrogens is 188 g/mol. The zero-order chi connectivity index (χ0) is 11.1. The van der Waals surface area contributed by atoms with E-state index in [1.54, 1.807) is 0 Å². The number of hydrogen-bond acceptors (Lipinski definition) is 2. The van der Waals surface area contributed by atoms with E-state index >= 15 is 0 Å². The molecule has 1 fully saturated rings. The van der Waals surface area contributed by atoms with Crippen LogP contribution in [0.25, 0.3) is 0 Å². The van der Waals surface area contributed by atoms with Gasteiger partial charge in [-0.3, -0.25) is 4.79 Å². The molecule has 1 amide bonds. The van der Waals surface area contributed by atoms with Gasteiger partial charge in [-0.1, -0.05) is 19.3 Å². The fraction of sp³-hybridized carbons (Fsp3) is 0.917. The van der Waals surface area contributed by atoms with E-state index in [9.17, 15) is 4.79 Å². The first-order valence-corrected chi connectivity index (χ1v) is 6.12. The minimum atomic E-state index is 0.317. The van der Waals surface area contributed by atoms with E-state index in [1.165, 1.54) is 32.1 Å². The smallest absolute Gasteiger partial charge is 0.222 e. The average molecular weight is 212 g/mol. The van der Waals surface area contributed by atoms with Crippen molar-refractivity contribution in [1.29, 1.82) is 0 Å². The van der Waals surface area contributed by atoms with Gasteiger partial charge in [0.2, 0.25) is 5.91 Å². The summed E-state index contributed by atoms with van der Waals surface area (Å²) >= 11 is 0. The normalized spacial score (nSPS) is 17.7. The molecule has 0 atom stereocenters. The maximum atomic E-state index is 11.8. The van der Waals surface area contributed by atoms with Crippen molar-refractivity contribution in [3.8, 4) is 0 Å². The molecule has 0 bridgehead atoms. The van der Waals surface area contributed by atoms with E-state index in [2.05, 4.69) is 5.32 Å². The molecule has 15 heavy (non-hydrogen) atoms. The van der Waals surface area contributed by atoms with E-state index in [0.717, 1.165) is 19.5 Å². The van der Waals surface area contributed by atoms with Crippen LogP contribution >= 0.6 is 0 Å². The molecule has 0 aromatic heterocycles. The van der Waals surface area contributed by atoms with E-state index in [1.807, 2.05) is 19.0 Å². The second-order valence-corrected chi connectivity index (χ2v) is 4.63. The summed E-state index contributed by atoms with van der Waals surface area (Å²) in [5.41, 5.74) is 0. The van der Waals surface area contributed by atoms with Crippen LogP contribution in [0.1, 0.15) is 38.5 Å². The lowest BCUT2D eigenvalue weighted by Crippen LogP contribution is -2.34. The van der Waals surface area contributed by atoms with E-state index < -0.39 is 0 Å². The lowest BCUT2D eigenvalue weighted by molar-refractivity contribution is -0.131. The number of nitrogens with zero attached hydrogens (tertiary/aromatic N) is 1. The lowest BCUT2D eigenvalue weighted by atomic mass is 9.87. The number of hydrogen-bond donors (Lipinski definition) is 1. The first-order chi connectivity index (χ1) is 7.24. The average Bonchev–Trinajstić information content (AvgIpc) is 2.27. The monoisotopic (exact) mass is 212 g/mol. The van der Waals surface area contributed by atoms with E-state index in [-0.39, 0.29) is 0 Å². The highest BCUT2D eigenvalue weighted by Gasteiger charge is 2.18. The Morgan fingerprint density at radius 3 is 2.60 bits per heavy atom. The van der Waals surface area contributed by atoms with Crippen LogP contribution in [-0.4, -0.2) is 38.0 Å². The molecule has 88 valence electrons. The van der Waals surface area contributed by atoms with Crippen molar-refractivity contribution in [2.45, 2.75) is 38.5 Å². The molecule has 0 spiro atoms. The van der Waals surface area contributed by atoms with Gasteiger partial charge in [-0.2, -0.15) is 0 Å². The largest absolute Gasteiger partial charge is 0.344 e. The van der Waals surface area contributed by atoms with Crippen molar-refractivity contribution in [3.63, 3.8) is 0 Å². The summed E-state index contributed by atoms with van der Waals surface area (Å²) in [5.74, 6) is 0.973.